The largest absolute Gasteiger partial charge is 0.362 e. The lowest BCUT2D eigenvalue weighted by Gasteiger charge is -2.32. The molecule has 1 aromatic carbocycles. The van der Waals surface area contributed by atoms with Crippen LogP contribution in [-0.4, -0.2) is 45.8 Å². The van der Waals surface area contributed by atoms with E-state index in [9.17, 15) is 4.39 Å². The van der Waals surface area contributed by atoms with E-state index in [-0.39, 0.29) is 11.9 Å². The van der Waals surface area contributed by atoms with E-state index in [1.165, 1.54) is 6.07 Å². The second-order valence-corrected chi connectivity index (χ2v) is 7.70. The average molecular weight is 405 g/mol. The number of benzene rings is 1. The zero-order valence-electron chi connectivity index (χ0n) is 17.1. The zero-order chi connectivity index (χ0) is 20.7. The molecule has 0 saturated carbocycles. The van der Waals surface area contributed by atoms with E-state index in [4.69, 9.17) is 4.98 Å². The Kier molecular flexibility index (Phi) is 4.71. The average Bonchev–Trinajstić information content (AvgIpc) is 3.26. The van der Waals surface area contributed by atoms with Crippen molar-refractivity contribution >= 4 is 28.1 Å². The van der Waals surface area contributed by atoms with Crippen LogP contribution in [0.4, 0.5) is 16.0 Å². The molecule has 0 bridgehead atoms. The van der Waals surface area contributed by atoms with Crippen LogP contribution in [0.25, 0.3) is 16.4 Å². The molecule has 1 fully saturated rings. The van der Waals surface area contributed by atoms with Crippen molar-refractivity contribution in [3.63, 3.8) is 0 Å². The summed E-state index contributed by atoms with van der Waals surface area (Å²) in [5.41, 5.74) is 3.29. The van der Waals surface area contributed by atoms with Crippen LogP contribution >= 0.6 is 0 Å². The van der Waals surface area contributed by atoms with E-state index in [0.717, 1.165) is 59.8 Å². The van der Waals surface area contributed by atoms with Gasteiger partial charge in [0.1, 0.15) is 23.5 Å². The van der Waals surface area contributed by atoms with Crippen molar-refractivity contribution in [3.05, 3.63) is 59.8 Å². The summed E-state index contributed by atoms with van der Waals surface area (Å²) in [5.74, 6) is 1.44. The van der Waals surface area contributed by atoms with Crippen LogP contribution in [0.15, 0.2) is 42.9 Å². The molecule has 0 unspecified atom stereocenters. The minimum atomic E-state index is -0.225. The van der Waals surface area contributed by atoms with Gasteiger partial charge in [-0.15, -0.1) is 0 Å². The number of pyridine rings is 1. The lowest BCUT2D eigenvalue weighted by atomic mass is 10.0. The monoisotopic (exact) mass is 405 g/mol. The highest BCUT2D eigenvalue weighted by Gasteiger charge is 2.22. The quantitative estimate of drug-likeness (QED) is 0.543. The van der Waals surface area contributed by atoms with Crippen molar-refractivity contribution in [2.75, 3.05) is 36.4 Å². The number of nitrogens with zero attached hydrogens (tertiary/aromatic N) is 5. The number of halogens is 1. The highest BCUT2D eigenvalue weighted by Crippen LogP contribution is 2.32. The summed E-state index contributed by atoms with van der Waals surface area (Å²) in [4.78, 5) is 11.7. The van der Waals surface area contributed by atoms with Crippen molar-refractivity contribution in [2.45, 2.75) is 19.9 Å². The lowest BCUT2D eigenvalue weighted by molar-refractivity contribution is 0.582. The first-order chi connectivity index (χ1) is 14.6. The number of piperazine rings is 1. The fourth-order valence-electron chi connectivity index (χ4n) is 4.07. The van der Waals surface area contributed by atoms with Gasteiger partial charge in [-0.2, -0.15) is 5.10 Å². The second kappa shape index (κ2) is 7.53. The van der Waals surface area contributed by atoms with Gasteiger partial charge in [0.05, 0.1) is 11.6 Å². The van der Waals surface area contributed by atoms with Gasteiger partial charge in [-0.05, 0) is 44.2 Å². The van der Waals surface area contributed by atoms with Crippen molar-refractivity contribution in [1.82, 2.24) is 24.9 Å². The Balaban J connectivity index is 1.60. The second-order valence-electron chi connectivity index (χ2n) is 7.70. The van der Waals surface area contributed by atoms with E-state index in [1.54, 1.807) is 23.8 Å². The summed E-state index contributed by atoms with van der Waals surface area (Å²) in [5, 5.41) is 12.1. The normalized spacial score (nSPS) is 15.6. The van der Waals surface area contributed by atoms with E-state index in [2.05, 4.69) is 38.6 Å². The molecule has 1 aliphatic heterocycles. The zero-order valence-corrected chi connectivity index (χ0v) is 17.1. The molecule has 0 spiro atoms. The van der Waals surface area contributed by atoms with Gasteiger partial charge in [0, 0.05) is 48.9 Å². The molecule has 3 aromatic heterocycles. The minimum Gasteiger partial charge on any atom is -0.362 e. The molecule has 5 rings (SSSR count). The Morgan fingerprint density at radius 3 is 2.87 bits per heavy atom. The summed E-state index contributed by atoms with van der Waals surface area (Å²) in [6.45, 7) is 7.43. The predicted octanol–water partition coefficient (Wildman–Crippen LogP) is 3.31. The first-order valence-corrected chi connectivity index (χ1v) is 10.2. The van der Waals surface area contributed by atoms with Gasteiger partial charge in [-0.25, -0.2) is 18.9 Å². The van der Waals surface area contributed by atoms with Gasteiger partial charge in [-0.1, -0.05) is 0 Å². The molecule has 8 heteroatoms. The molecule has 0 amide bonds. The minimum absolute atomic E-state index is 0.0502. The smallest absolute Gasteiger partial charge is 0.154 e. The number of hydrogen-bond donors (Lipinski definition) is 2. The molecule has 7 nitrogen and oxygen atoms in total. The maximum atomic E-state index is 14.2. The Morgan fingerprint density at radius 1 is 1.20 bits per heavy atom. The number of fused-ring (bicyclic) bond motifs is 2. The van der Waals surface area contributed by atoms with Crippen LogP contribution in [0.2, 0.25) is 0 Å². The van der Waals surface area contributed by atoms with Crippen molar-refractivity contribution in [3.8, 4) is 0 Å². The Labute approximate surface area is 173 Å². The number of aryl methyl sites for hydroxylation is 1. The van der Waals surface area contributed by atoms with Crippen molar-refractivity contribution in [2.24, 2.45) is 0 Å². The summed E-state index contributed by atoms with van der Waals surface area (Å²) in [6.07, 6.45) is 3.44. The summed E-state index contributed by atoms with van der Waals surface area (Å²) in [6, 6.07) is 9.32. The van der Waals surface area contributed by atoms with E-state index in [0.29, 0.717) is 5.56 Å². The van der Waals surface area contributed by atoms with E-state index < -0.39 is 0 Å². The molecule has 0 aliphatic carbocycles. The standard InChI is InChI=1S/C22H24FN7/c1-14-18(23)6-5-16-12-17(22(28-20(14)16)29-10-7-24-8-11-29)15(2)27-21-19-4-3-9-30(19)26-13-25-21/h3-6,9,12-13,15,24H,7-8,10-11H2,1-2H3,(H,25,26,27)/t15-/m0/s1. The summed E-state index contributed by atoms with van der Waals surface area (Å²) < 4.78 is 16.0. The molecule has 1 aliphatic rings. The molecular weight excluding hydrogens is 381 g/mol. The van der Waals surface area contributed by atoms with Gasteiger partial charge < -0.3 is 15.5 Å². The Morgan fingerprint density at radius 2 is 2.03 bits per heavy atom. The number of anilines is 2. The molecular formula is C22H24FN7. The molecule has 1 atom stereocenters. The lowest BCUT2D eigenvalue weighted by Crippen LogP contribution is -2.44. The summed E-state index contributed by atoms with van der Waals surface area (Å²) >= 11 is 0. The third-order valence-electron chi connectivity index (χ3n) is 5.75. The fourth-order valence-corrected chi connectivity index (χ4v) is 4.07. The van der Waals surface area contributed by atoms with Crippen LogP contribution < -0.4 is 15.5 Å². The Bertz CT molecular complexity index is 1210. The predicted molar refractivity (Wildman–Crippen MR) is 117 cm³/mol. The van der Waals surface area contributed by atoms with Gasteiger partial charge in [-0.3, -0.25) is 0 Å². The summed E-state index contributed by atoms with van der Waals surface area (Å²) in [7, 11) is 0. The fraction of sp³-hybridized carbons (Fsp3) is 0.318. The Hall–Kier alpha value is -3.26. The number of hydrogen-bond acceptors (Lipinski definition) is 6. The van der Waals surface area contributed by atoms with Crippen molar-refractivity contribution in [1.29, 1.82) is 0 Å². The van der Waals surface area contributed by atoms with Gasteiger partial charge in [0.15, 0.2) is 5.82 Å². The SMILES string of the molecule is Cc1c(F)ccc2cc([C@H](C)Nc3ncnn4cccc34)c(N3CCNCC3)nc12. The third-order valence-corrected chi connectivity index (χ3v) is 5.75. The molecule has 30 heavy (non-hydrogen) atoms. The van der Waals surface area contributed by atoms with Crippen molar-refractivity contribution < 1.29 is 4.39 Å². The van der Waals surface area contributed by atoms with Crippen LogP contribution in [0.5, 0.6) is 0 Å². The van der Waals surface area contributed by atoms with Gasteiger partial charge in [0.25, 0.3) is 0 Å². The van der Waals surface area contributed by atoms with Crippen LogP contribution in [0.1, 0.15) is 24.1 Å². The third kappa shape index (κ3) is 3.23. The van der Waals surface area contributed by atoms with Gasteiger partial charge >= 0.3 is 0 Å². The molecule has 2 N–H and O–H groups in total. The molecule has 4 aromatic rings. The number of rotatable bonds is 4. The van der Waals surface area contributed by atoms with Crippen LogP contribution in [0, 0.1) is 12.7 Å². The van der Waals surface area contributed by atoms with Gasteiger partial charge in [0.2, 0.25) is 0 Å². The van der Waals surface area contributed by atoms with E-state index in [1.807, 2.05) is 18.3 Å². The topological polar surface area (TPSA) is 70.4 Å². The first kappa shape index (κ1) is 18.7. The van der Waals surface area contributed by atoms with Crippen LogP contribution in [0.3, 0.4) is 0 Å². The number of nitrogens with one attached hydrogen (secondary N) is 2. The molecule has 0 radical (unpaired) electrons. The molecule has 4 heterocycles. The first-order valence-electron chi connectivity index (χ1n) is 10.2. The van der Waals surface area contributed by atoms with Crippen LogP contribution in [-0.2, 0) is 0 Å². The molecule has 1 saturated heterocycles. The highest BCUT2D eigenvalue weighted by atomic mass is 19.1. The maximum absolute atomic E-state index is 14.2. The molecule has 154 valence electrons. The maximum Gasteiger partial charge on any atom is 0.154 e. The number of aromatic nitrogens is 4. The van der Waals surface area contributed by atoms with E-state index >= 15 is 0 Å². The highest BCUT2D eigenvalue weighted by molar-refractivity contribution is 5.85.